The van der Waals surface area contributed by atoms with Crippen molar-refractivity contribution < 1.29 is 0 Å². The highest BCUT2D eigenvalue weighted by atomic mass is 15.3. The molecule has 8 heteroatoms. The molecule has 30 heavy (non-hydrogen) atoms. The summed E-state index contributed by atoms with van der Waals surface area (Å²) in [6, 6.07) is 8.07. The zero-order valence-electron chi connectivity index (χ0n) is 17.0. The second kappa shape index (κ2) is 7.79. The maximum atomic E-state index is 5.76. The fraction of sp³-hybridized carbons (Fsp3) is 0.318. The predicted octanol–water partition coefficient (Wildman–Crippen LogP) is 2.25. The fourth-order valence-corrected chi connectivity index (χ4v) is 4.12. The Balaban J connectivity index is 1.45. The zero-order valence-corrected chi connectivity index (χ0v) is 17.0. The highest BCUT2D eigenvalue weighted by Gasteiger charge is 2.29. The number of fused-ring (bicyclic) bond motifs is 2. The molecule has 0 amide bonds. The van der Waals surface area contributed by atoms with Gasteiger partial charge in [-0.2, -0.15) is 0 Å². The van der Waals surface area contributed by atoms with E-state index in [1.165, 1.54) is 0 Å². The molecule has 0 fully saturated rings. The summed E-state index contributed by atoms with van der Waals surface area (Å²) in [6.45, 7) is 2.02. The minimum atomic E-state index is 0.531. The van der Waals surface area contributed by atoms with Crippen molar-refractivity contribution in [1.29, 1.82) is 0 Å². The molecule has 0 aromatic carbocycles. The van der Waals surface area contributed by atoms with Crippen molar-refractivity contribution in [3.8, 4) is 0 Å². The van der Waals surface area contributed by atoms with E-state index in [0.29, 0.717) is 13.1 Å². The number of aryl methyl sites for hydroxylation is 1. The lowest BCUT2D eigenvalue weighted by molar-refractivity contribution is 0.754. The summed E-state index contributed by atoms with van der Waals surface area (Å²) in [5, 5.41) is 0. The van der Waals surface area contributed by atoms with Crippen LogP contribution < -0.4 is 15.5 Å². The minimum absolute atomic E-state index is 0.531. The lowest BCUT2D eigenvalue weighted by atomic mass is 10.1. The van der Waals surface area contributed by atoms with Crippen LogP contribution in [0.15, 0.2) is 47.8 Å². The molecule has 152 valence electrons. The quantitative estimate of drug-likeness (QED) is 0.717. The van der Waals surface area contributed by atoms with Crippen molar-refractivity contribution in [3.05, 3.63) is 65.5 Å². The second-order valence-corrected chi connectivity index (χ2v) is 7.47. The van der Waals surface area contributed by atoms with E-state index in [9.17, 15) is 0 Å². The summed E-state index contributed by atoms with van der Waals surface area (Å²) in [7, 11) is 1.96. The molecular formula is C22H24N8. The van der Waals surface area contributed by atoms with Gasteiger partial charge >= 0.3 is 0 Å². The zero-order chi connectivity index (χ0) is 20.5. The Morgan fingerprint density at radius 2 is 1.97 bits per heavy atom. The summed E-state index contributed by atoms with van der Waals surface area (Å²) < 4.78 is 0. The van der Waals surface area contributed by atoms with E-state index in [2.05, 4.69) is 27.0 Å². The van der Waals surface area contributed by atoms with Gasteiger partial charge in [-0.05, 0) is 49.6 Å². The van der Waals surface area contributed by atoms with Crippen LogP contribution in [-0.4, -0.2) is 45.9 Å². The Labute approximate surface area is 175 Å². The van der Waals surface area contributed by atoms with Gasteiger partial charge < -0.3 is 15.5 Å². The van der Waals surface area contributed by atoms with Crippen molar-refractivity contribution in [3.63, 3.8) is 0 Å². The van der Waals surface area contributed by atoms with Gasteiger partial charge in [-0.3, -0.25) is 9.98 Å². The Morgan fingerprint density at radius 1 is 1.10 bits per heavy atom. The number of rotatable bonds is 4. The maximum absolute atomic E-state index is 5.76. The van der Waals surface area contributed by atoms with E-state index in [0.717, 1.165) is 71.6 Å². The Kier molecular flexibility index (Phi) is 4.84. The highest BCUT2D eigenvalue weighted by molar-refractivity contribution is 6.11. The molecule has 5 heterocycles. The van der Waals surface area contributed by atoms with E-state index in [1.54, 1.807) is 12.4 Å². The predicted molar refractivity (Wildman–Crippen MR) is 117 cm³/mol. The average Bonchev–Trinajstić information content (AvgIpc) is 3.22. The van der Waals surface area contributed by atoms with Crippen LogP contribution in [0.5, 0.6) is 0 Å². The third-order valence-corrected chi connectivity index (χ3v) is 5.57. The second-order valence-electron chi connectivity index (χ2n) is 7.47. The molecule has 0 unspecified atom stereocenters. The monoisotopic (exact) mass is 400 g/mol. The first-order valence-corrected chi connectivity index (χ1v) is 10.3. The first-order chi connectivity index (χ1) is 14.8. The lowest BCUT2D eigenvalue weighted by Crippen LogP contribution is -2.36. The molecule has 3 aromatic rings. The Morgan fingerprint density at radius 3 is 2.87 bits per heavy atom. The molecule has 0 saturated heterocycles. The number of aromatic nitrogens is 4. The molecular weight excluding hydrogens is 376 g/mol. The van der Waals surface area contributed by atoms with Crippen LogP contribution in [0.2, 0.25) is 0 Å². The first kappa shape index (κ1) is 18.6. The van der Waals surface area contributed by atoms with Gasteiger partial charge in [-0.1, -0.05) is 6.07 Å². The topological polar surface area (TPSA) is 96.4 Å². The van der Waals surface area contributed by atoms with Crippen molar-refractivity contribution >= 4 is 23.2 Å². The first-order valence-electron chi connectivity index (χ1n) is 10.3. The molecule has 2 N–H and O–H groups in total. The van der Waals surface area contributed by atoms with Gasteiger partial charge in [0.15, 0.2) is 11.7 Å². The molecule has 2 aliphatic rings. The summed E-state index contributed by atoms with van der Waals surface area (Å²) in [5.74, 6) is 2.50. The molecule has 2 aliphatic heterocycles. The van der Waals surface area contributed by atoms with Crippen LogP contribution in [0.3, 0.4) is 0 Å². The number of aliphatic imine (C=N–C) groups is 1. The van der Waals surface area contributed by atoms with E-state index >= 15 is 0 Å². The van der Waals surface area contributed by atoms with Gasteiger partial charge in [-0.15, -0.1) is 0 Å². The summed E-state index contributed by atoms with van der Waals surface area (Å²) in [6.07, 6.45) is 8.25. The summed E-state index contributed by atoms with van der Waals surface area (Å²) >= 11 is 0. The van der Waals surface area contributed by atoms with Crippen LogP contribution >= 0.6 is 0 Å². The van der Waals surface area contributed by atoms with E-state index in [-0.39, 0.29) is 0 Å². The van der Waals surface area contributed by atoms with Crippen LogP contribution in [0.4, 0.5) is 17.3 Å². The average molecular weight is 400 g/mol. The van der Waals surface area contributed by atoms with Crippen molar-refractivity contribution in [2.75, 3.05) is 29.9 Å². The molecule has 0 radical (unpaired) electrons. The van der Waals surface area contributed by atoms with Gasteiger partial charge in [0.1, 0.15) is 11.5 Å². The van der Waals surface area contributed by atoms with E-state index in [1.807, 2.05) is 30.3 Å². The van der Waals surface area contributed by atoms with Crippen molar-refractivity contribution in [2.45, 2.75) is 25.8 Å². The SMILES string of the molecule is CN(c1cnc2c(n1)CN=C2N1CCCc2ncccc21)c1ncccc1CCN. The summed E-state index contributed by atoms with van der Waals surface area (Å²) in [4.78, 5) is 27.7. The normalized spacial score (nSPS) is 14.9. The smallest absolute Gasteiger partial charge is 0.156 e. The van der Waals surface area contributed by atoms with Gasteiger partial charge in [0.2, 0.25) is 0 Å². The van der Waals surface area contributed by atoms with Crippen LogP contribution in [0, 0.1) is 0 Å². The minimum Gasteiger partial charge on any atom is -0.330 e. The molecule has 0 atom stereocenters. The number of anilines is 3. The highest BCUT2D eigenvalue weighted by Crippen LogP contribution is 2.30. The van der Waals surface area contributed by atoms with E-state index in [4.69, 9.17) is 20.7 Å². The van der Waals surface area contributed by atoms with Crippen molar-refractivity contribution in [1.82, 2.24) is 19.9 Å². The number of nitrogens with two attached hydrogens (primary N) is 1. The van der Waals surface area contributed by atoms with Gasteiger partial charge in [0, 0.05) is 26.0 Å². The van der Waals surface area contributed by atoms with Gasteiger partial charge in [-0.25, -0.2) is 15.0 Å². The van der Waals surface area contributed by atoms with Gasteiger partial charge in [0.25, 0.3) is 0 Å². The number of pyridine rings is 2. The Hall–Kier alpha value is -3.39. The molecule has 0 bridgehead atoms. The molecule has 0 saturated carbocycles. The third kappa shape index (κ3) is 3.19. The molecule has 5 rings (SSSR count). The number of hydrogen-bond donors (Lipinski definition) is 1. The van der Waals surface area contributed by atoms with Gasteiger partial charge in [0.05, 0.1) is 29.8 Å². The van der Waals surface area contributed by atoms with Crippen LogP contribution in [-0.2, 0) is 19.4 Å². The van der Waals surface area contributed by atoms with E-state index < -0.39 is 0 Å². The number of hydrogen-bond acceptors (Lipinski definition) is 8. The Bertz CT molecular complexity index is 1110. The van der Waals surface area contributed by atoms with Crippen LogP contribution in [0.25, 0.3) is 0 Å². The molecule has 0 spiro atoms. The molecule has 0 aliphatic carbocycles. The number of amidine groups is 1. The van der Waals surface area contributed by atoms with Crippen LogP contribution in [0.1, 0.15) is 29.1 Å². The standard InChI is InChI=1S/C22H24N8/c1-29(21-15(8-9-23)5-2-11-25-21)19-14-26-20-17(28-19)13-27-22(20)30-12-4-6-16-18(30)7-3-10-24-16/h2-3,5,7,10-11,14H,4,6,8-9,12-13,23H2,1H3. The maximum Gasteiger partial charge on any atom is 0.156 e. The number of nitrogens with zero attached hydrogens (tertiary/aromatic N) is 7. The fourth-order valence-electron chi connectivity index (χ4n) is 4.12. The molecule has 3 aromatic heterocycles. The third-order valence-electron chi connectivity index (χ3n) is 5.57. The summed E-state index contributed by atoms with van der Waals surface area (Å²) in [5.41, 5.74) is 10.8. The molecule has 8 nitrogen and oxygen atoms in total. The lowest BCUT2D eigenvalue weighted by Gasteiger charge is -2.30. The largest absolute Gasteiger partial charge is 0.330 e. The van der Waals surface area contributed by atoms with Crippen molar-refractivity contribution in [2.24, 2.45) is 10.7 Å².